The standard InChI is InChI=1S/C29H33F3N2O3/c1-19-18-33-27-8-7-21(37-2)17-24(27)22(19)5-3-9-29(28(35)36)10-13-34(14-11-29)12-4-6-23-25(31)15-20(30)16-26(23)32/h7-8,15-18H,3-6,9-14H2,1-2H3,(H,35,36). The molecule has 198 valence electrons. The number of hydrogen-bond donors (Lipinski definition) is 1. The number of carbonyl (C=O) groups is 1. The van der Waals surface area contributed by atoms with Gasteiger partial charge in [0.15, 0.2) is 0 Å². The van der Waals surface area contributed by atoms with Crippen molar-refractivity contribution in [1.29, 1.82) is 0 Å². The maximum absolute atomic E-state index is 13.9. The summed E-state index contributed by atoms with van der Waals surface area (Å²) in [5, 5.41) is 11.2. The fraction of sp³-hybridized carbons (Fsp3) is 0.448. The Bertz CT molecular complexity index is 1250. The van der Waals surface area contributed by atoms with Gasteiger partial charge in [0, 0.05) is 29.3 Å². The molecule has 5 nitrogen and oxygen atoms in total. The lowest BCUT2D eigenvalue weighted by Gasteiger charge is -2.39. The van der Waals surface area contributed by atoms with Crippen LogP contribution in [0, 0.1) is 29.8 Å². The summed E-state index contributed by atoms with van der Waals surface area (Å²) < 4.78 is 46.3. The lowest BCUT2D eigenvalue weighted by atomic mass is 9.74. The van der Waals surface area contributed by atoms with Gasteiger partial charge in [-0.25, -0.2) is 13.2 Å². The molecule has 0 spiro atoms. The Morgan fingerprint density at radius 1 is 1.05 bits per heavy atom. The zero-order chi connectivity index (χ0) is 26.6. The Kier molecular flexibility index (Phi) is 8.37. The largest absolute Gasteiger partial charge is 0.497 e. The number of carboxylic acid groups (broad SMARTS) is 1. The number of ether oxygens (including phenoxy) is 1. The van der Waals surface area contributed by atoms with Gasteiger partial charge in [0.25, 0.3) is 0 Å². The second-order valence-electron chi connectivity index (χ2n) is 10.0. The third-order valence-electron chi connectivity index (χ3n) is 7.76. The van der Waals surface area contributed by atoms with Crippen LogP contribution in [0.1, 0.15) is 48.8 Å². The van der Waals surface area contributed by atoms with Gasteiger partial charge in [-0.1, -0.05) is 0 Å². The number of rotatable bonds is 10. The second kappa shape index (κ2) is 11.5. The van der Waals surface area contributed by atoms with E-state index >= 15 is 0 Å². The predicted molar refractivity (Wildman–Crippen MR) is 136 cm³/mol. The molecule has 0 saturated carbocycles. The summed E-state index contributed by atoms with van der Waals surface area (Å²) in [6.45, 7) is 3.87. The van der Waals surface area contributed by atoms with Crippen molar-refractivity contribution in [2.45, 2.75) is 51.9 Å². The lowest BCUT2D eigenvalue weighted by Crippen LogP contribution is -2.44. The van der Waals surface area contributed by atoms with Crippen molar-refractivity contribution in [3.8, 4) is 5.75 Å². The maximum atomic E-state index is 13.9. The van der Waals surface area contributed by atoms with Gasteiger partial charge < -0.3 is 14.7 Å². The van der Waals surface area contributed by atoms with Crippen molar-refractivity contribution in [2.75, 3.05) is 26.7 Å². The van der Waals surface area contributed by atoms with Gasteiger partial charge in [-0.15, -0.1) is 0 Å². The minimum Gasteiger partial charge on any atom is -0.497 e. The highest BCUT2D eigenvalue weighted by atomic mass is 19.1. The van der Waals surface area contributed by atoms with Crippen LogP contribution in [-0.4, -0.2) is 47.7 Å². The fourth-order valence-corrected chi connectivity index (χ4v) is 5.45. The molecule has 8 heteroatoms. The molecule has 0 atom stereocenters. The van der Waals surface area contributed by atoms with Gasteiger partial charge in [-0.05, 0) is 101 Å². The number of aliphatic carboxylic acids is 1. The zero-order valence-electron chi connectivity index (χ0n) is 21.3. The Hall–Kier alpha value is -3.13. The lowest BCUT2D eigenvalue weighted by molar-refractivity contribution is -0.152. The predicted octanol–water partition coefficient (Wildman–Crippen LogP) is 6.09. The van der Waals surface area contributed by atoms with Gasteiger partial charge in [-0.2, -0.15) is 0 Å². The summed E-state index contributed by atoms with van der Waals surface area (Å²) in [5.41, 5.74) is 2.26. The summed E-state index contributed by atoms with van der Waals surface area (Å²) in [6.07, 6.45) is 5.68. The molecule has 3 aromatic rings. The summed E-state index contributed by atoms with van der Waals surface area (Å²) in [4.78, 5) is 19.0. The first-order valence-corrected chi connectivity index (χ1v) is 12.7. The number of aromatic nitrogens is 1. The highest BCUT2D eigenvalue weighted by Crippen LogP contribution is 2.38. The van der Waals surface area contributed by atoms with Crippen molar-refractivity contribution in [3.05, 3.63) is 70.7 Å². The van der Waals surface area contributed by atoms with Crippen LogP contribution >= 0.6 is 0 Å². The van der Waals surface area contributed by atoms with Crippen molar-refractivity contribution in [3.63, 3.8) is 0 Å². The molecule has 1 aromatic heterocycles. The number of methoxy groups -OCH3 is 1. The SMILES string of the molecule is COc1ccc2ncc(C)c(CCCC3(C(=O)O)CCN(CCCc4c(F)cc(F)cc4F)CC3)c2c1. The zero-order valence-corrected chi connectivity index (χ0v) is 21.3. The average Bonchev–Trinajstić information content (AvgIpc) is 2.87. The van der Waals surface area contributed by atoms with Gasteiger partial charge in [-0.3, -0.25) is 9.78 Å². The van der Waals surface area contributed by atoms with Gasteiger partial charge in [0.1, 0.15) is 23.2 Å². The van der Waals surface area contributed by atoms with E-state index in [1.165, 1.54) is 5.56 Å². The summed E-state index contributed by atoms with van der Waals surface area (Å²) in [5.74, 6) is -2.65. The molecular weight excluding hydrogens is 481 g/mol. The molecule has 0 radical (unpaired) electrons. The van der Waals surface area contributed by atoms with Crippen LogP contribution in [-0.2, 0) is 17.6 Å². The third kappa shape index (κ3) is 6.06. The van der Waals surface area contributed by atoms with E-state index in [1.807, 2.05) is 31.3 Å². The van der Waals surface area contributed by atoms with Crippen LogP contribution in [0.25, 0.3) is 10.9 Å². The molecule has 37 heavy (non-hydrogen) atoms. The Morgan fingerprint density at radius 2 is 1.73 bits per heavy atom. The Balaban J connectivity index is 1.33. The van der Waals surface area contributed by atoms with Crippen molar-refractivity contribution >= 4 is 16.9 Å². The smallest absolute Gasteiger partial charge is 0.309 e. The van der Waals surface area contributed by atoms with Crippen LogP contribution in [0.2, 0.25) is 0 Å². The molecule has 0 amide bonds. The molecule has 1 fully saturated rings. The summed E-state index contributed by atoms with van der Waals surface area (Å²) in [7, 11) is 1.63. The normalized spacial score (nSPS) is 15.7. The van der Waals surface area contributed by atoms with E-state index in [1.54, 1.807) is 7.11 Å². The van der Waals surface area contributed by atoms with Crippen LogP contribution in [0.4, 0.5) is 13.2 Å². The van der Waals surface area contributed by atoms with E-state index in [4.69, 9.17) is 4.74 Å². The molecule has 2 aromatic carbocycles. The number of benzene rings is 2. The van der Waals surface area contributed by atoms with Crippen molar-refractivity contribution < 1.29 is 27.8 Å². The molecule has 2 heterocycles. The van der Waals surface area contributed by atoms with Crippen molar-refractivity contribution in [1.82, 2.24) is 9.88 Å². The van der Waals surface area contributed by atoms with Crippen LogP contribution in [0.3, 0.4) is 0 Å². The Labute approximate surface area is 215 Å². The second-order valence-corrected chi connectivity index (χ2v) is 10.0. The number of aryl methyl sites for hydroxylation is 2. The van der Waals surface area contributed by atoms with Crippen LogP contribution in [0.15, 0.2) is 36.5 Å². The monoisotopic (exact) mass is 514 g/mol. The number of halogens is 3. The minimum absolute atomic E-state index is 0.102. The molecule has 1 aliphatic rings. The van der Waals surface area contributed by atoms with Crippen LogP contribution < -0.4 is 4.74 Å². The van der Waals surface area contributed by atoms with Gasteiger partial charge in [0.2, 0.25) is 0 Å². The molecule has 0 unspecified atom stereocenters. The number of nitrogens with zero attached hydrogens (tertiary/aromatic N) is 2. The molecule has 1 saturated heterocycles. The third-order valence-corrected chi connectivity index (χ3v) is 7.76. The minimum atomic E-state index is -0.924. The molecule has 4 rings (SSSR count). The van der Waals surface area contributed by atoms with E-state index < -0.39 is 28.8 Å². The molecule has 1 N–H and O–H groups in total. The number of piperidine rings is 1. The first kappa shape index (κ1) is 26.9. The number of carboxylic acids is 1. The Morgan fingerprint density at radius 3 is 2.38 bits per heavy atom. The van der Waals surface area contributed by atoms with E-state index in [-0.39, 0.29) is 12.0 Å². The number of likely N-dealkylation sites (tertiary alicyclic amines) is 1. The molecule has 1 aliphatic heterocycles. The maximum Gasteiger partial charge on any atom is 0.309 e. The quantitative estimate of drug-likeness (QED) is 0.355. The molecule has 0 bridgehead atoms. The highest BCUT2D eigenvalue weighted by molar-refractivity contribution is 5.84. The average molecular weight is 515 g/mol. The topological polar surface area (TPSA) is 62.7 Å². The van der Waals surface area contributed by atoms with Crippen LogP contribution in [0.5, 0.6) is 5.75 Å². The molecule has 0 aliphatic carbocycles. The fourth-order valence-electron chi connectivity index (χ4n) is 5.45. The molecular formula is C29H33F3N2O3. The van der Waals surface area contributed by atoms with Gasteiger partial charge >= 0.3 is 5.97 Å². The number of pyridine rings is 1. The van der Waals surface area contributed by atoms with Crippen molar-refractivity contribution in [2.24, 2.45) is 5.41 Å². The van der Waals surface area contributed by atoms with E-state index in [9.17, 15) is 23.1 Å². The number of hydrogen-bond acceptors (Lipinski definition) is 4. The highest BCUT2D eigenvalue weighted by Gasteiger charge is 2.40. The number of fused-ring (bicyclic) bond motifs is 1. The summed E-state index contributed by atoms with van der Waals surface area (Å²) >= 11 is 0. The first-order valence-electron chi connectivity index (χ1n) is 12.7. The van der Waals surface area contributed by atoms with E-state index in [0.717, 1.165) is 35.1 Å². The van der Waals surface area contributed by atoms with Gasteiger partial charge in [0.05, 0.1) is 18.0 Å². The summed E-state index contributed by atoms with van der Waals surface area (Å²) in [6, 6.07) is 7.21. The van der Waals surface area contributed by atoms with E-state index in [0.29, 0.717) is 57.5 Å². The first-order chi connectivity index (χ1) is 17.7. The van der Waals surface area contributed by atoms with E-state index in [2.05, 4.69) is 9.88 Å².